The summed E-state index contributed by atoms with van der Waals surface area (Å²) in [5.74, 6) is -1.99. The predicted molar refractivity (Wildman–Crippen MR) is 88.5 cm³/mol. The number of benzene rings is 1. The number of carboxylic acids is 1. The summed E-state index contributed by atoms with van der Waals surface area (Å²) in [4.78, 5) is 24.5. The number of ether oxygens (including phenoxy) is 1. The van der Waals surface area contributed by atoms with Crippen LogP contribution >= 0.6 is 0 Å². The predicted octanol–water partition coefficient (Wildman–Crippen LogP) is 3.76. The molecule has 3 atom stereocenters. The first-order chi connectivity index (χ1) is 10.9. The van der Waals surface area contributed by atoms with E-state index in [1.165, 1.54) is 7.11 Å². The molecule has 4 heteroatoms. The minimum Gasteiger partial charge on any atom is -0.481 e. The van der Waals surface area contributed by atoms with Crippen molar-refractivity contribution in [2.75, 3.05) is 7.11 Å². The molecule has 1 aromatic rings. The highest BCUT2D eigenvalue weighted by Gasteiger charge is 2.39. The van der Waals surface area contributed by atoms with Crippen LogP contribution in [0.3, 0.4) is 0 Å². The Morgan fingerprint density at radius 1 is 1.09 bits per heavy atom. The van der Waals surface area contributed by atoms with Crippen LogP contribution in [0.15, 0.2) is 12.1 Å². The Kier molecular flexibility index (Phi) is 5.58. The van der Waals surface area contributed by atoms with Gasteiger partial charge in [-0.3, -0.25) is 9.59 Å². The van der Waals surface area contributed by atoms with Gasteiger partial charge in [0.05, 0.1) is 5.92 Å². The minimum atomic E-state index is -0.866. The van der Waals surface area contributed by atoms with E-state index in [2.05, 4.69) is 0 Å². The summed E-state index contributed by atoms with van der Waals surface area (Å²) in [6.45, 7) is 5.98. The first-order valence-corrected chi connectivity index (χ1v) is 8.24. The van der Waals surface area contributed by atoms with Crippen LogP contribution in [-0.4, -0.2) is 24.0 Å². The number of ketones is 1. The summed E-state index contributed by atoms with van der Waals surface area (Å²) in [6.07, 6.45) is 2.32. The summed E-state index contributed by atoms with van der Waals surface area (Å²) in [5.41, 5.74) is 4.07. The molecular weight excluding hydrogens is 292 g/mol. The second-order valence-corrected chi connectivity index (χ2v) is 6.67. The number of Topliss-reactive ketones (excluding diaryl/α,β-unsaturated/α-hetero) is 1. The van der Waals surface area contributed by atoms with Crippen molar-refractivity contribution in [3.63, 3.8) is 0 Å². The first-order valence-electron chi connectivity index (χ1n) is 8.24. The van der Waals surface area contributed by atoms with Gasteiger partial charge in [0.2, 0.25) is 0 Å². The van der Waals surface area contributed by atoms with Crippen LogP contribution < -0.4 is 0 Å². The number of carboxylic acid groups (broad SMARTS) is 1. The molecule has 0 radical (unpaired) electrons. The zero-order chi connectivity index (χ0) is 17.1. The summed E-state index contributed by atoms with van der Waals surface area (Å²) in [6, 6.07) is 4.08. The maximum atomic E-state index is 13.0. The van der Waals surface area contributed by atoms with Gasteiger partial charge in [0.1, 0.15) is 6.10 Å². The van der Waals surface area contributed by atoms with Crippen molar-refractivity contribution in [1.29, 1.82) is 0 Å². The zero-order valence-corrected chi connectivity index (χ0v) is 14.4. The highest BCUT2D eigenvalue weighted by molar-refractivity contribution is 5.91. The van der Waals surface area contributed by atoms with E-state index in [9.17, 15) is 14.7 Å². The van der Waals surface area contributed by atoms with Crippen molar-refractivity contribution in [1.82, 2.24) is 0 Å². The van der Waals surface area contributed by atoms with Gasteiger partial charge in [-0.05, 0) is 50.3 Å². The SMILES string of the molecule is COC(C(=O)C1CCCCC1C(=O)O)c1c(C)cc(C)cc1C. The lowest BCUT2D eigenvalue weighted by Crippen LogP contribution is -2.36. The maximum absolute atomic E-state index is 13.0. The van der Waals surface area contributed by atoms with Crippen molar-refractivity contribution in [2.24, 2.45) is 11.8 Å². The van der Waals surface area contributed by atoms with E-state index in [-0.39, 0.29) is 5.78 Å². The Labute approximate surface area is 137 Å². The molecule has 1 saturated carbocycles. The van der Waals surface area contributed by atoms with E-state index in [0.717, 1.165) is 35.1 Å². The first kappa shape index (κ1) is 17.7. The number of aliphatic carboxylic acids is 1. The van der Waals surface area contributed by atoms with E-state index >= 15 is 0 Å². The third-order valence-electron chi connectivity index (χ3n) is 4.94. The average molecular weight is 318 g/mol. The maximum Gasteiger partial charge on any atom is 0.307 e. The fraction of sp³-hybridized carbons (Fsp3) is 0.579. The molecule has 3 unspecified atom stereocenters. The van der Waals surface area contributed by atoms with Gasteiger partial charge in [0, 0.05) is 13.0 Å². The Balaban J connectivity index is 2.37. The fourth-order valence-electron chi connectivity index (χ4n) is 3.94. The third kappa shape index (κ3) is 3.63. The molecular formula is C19H26O4. The zero-order valence-electron chi connectivity index (χ0n) is 14.4. The van der Waals surface area contributed by atoms with Gasteiger partial charge in [-0.1, -0.05) is 30.5 Å². The van der Waals surface area contributed by atoms with Crippen LogP contribution in [0.2, 0.25) is 0 Å². The molecule has 0 aromatic heterocycles. The summed E-state index contributed by atoms with van der Waals surface area (Å²) < 4.78 is 5.54. The molecule has 0 saturated heterocycles. The molecule has 0 heterocycles. The van der Waals surface area contributed by atoms with Gasteiger partial charge < -0.3 is 9.84 Å². The molecule has 1 N–H and O–H groups in total. The molecule has 1 aliphatic carbocycles. The highest BCUT2D eigenvalue weighted by Crippen LogP contribution is 2.37. The van der Waals surface area contributed by atoms with Gasteiger partial charge in [0.15, 0.2) is 5.78 Å². The van der Waals surface area contributed by atoms with Crippen LogP contribution in [0.25, 0.3) is 0 Å². The number of aryl methyl sites for hydroxylation is 3. The largest absolute Gasteiger partial charge is 0.481 e. The number of hydrogen-bond donors (Lipinski definition) is 1. The third-order valence-corrected chi connectivity index (χ3v) is 4.94. The van der Waals surface area contributed by atoms with Gasteiger partial charge in [0.25, 0.3) is 0 Å². The quantitative estimate of drug-likeness (QED) is 0.898. The van der Waals surface area contributed by atoms with E-state index in [4.69, 9.17) is 4.74 Å². The normalized spacial score (nSPS) is 22.6. The van der Waals surface area contributed by atoms with Gasteiger partial charge in [-0.2, -0.15) is 0 Å². The van der Waals surface area contributed by atoms with E-state index in [0.29, 0.717) is 12.8 Å². The lowest BCUT2D eigenvalue weighted by atomic mass is 9.74. The average Bonchev–Trinajstić information content (AvgIpc) is 2.50. The molecule has 0 amide bonds. The smallest absolute Gasteiger partial charge is 0.307 e. The minimum absolute atomic E-state index is 0.0883. The number of hydrogen-bond acceptors (Lipinski definition) is 3. The Morgan fingerprint density at radius 3 is 2.09 bits per heavy atom. The molecule has 1 fully saturated rings. The Bertz CT molecular complexity index is 582. The summed E-state index contributed by atoms with van der Waals surface area (Å²) in [7, 11) is 1.53. The number of carbonyl (C=O) groups is 2. The van der Waals surface area contributed by atoms with Crippen LogP contribution in [-0.2, 0) is 14.3 Å². The van der Waals surface area contributed by atoms with Crippen LogP contribution in [0.5, 0.6) is 0 Å². The second kappa shape index (κ2) is 7.26. The van der Waals surface area contributed by atoms with Gasteiger partial charge in [-0.15, -0.1) is 0 Å². The monoisotopic (exact) mass is 318 g/mol. The van der Waals surface area contributed by atoms with E-state index < -0.39 is 23.9 Å². The van der Waals surface area contributed by atoms with E-state index in [1.54, 1.807) is 0 Å². The van der Waals surface area contributed by atoms with Crippen molar-refractivity contribution >= 4 is 11.8 Å². The topological polar surface area (TPSA) is 63.6 Å². The molecule has 0 aliphatic heterocycles. The van der Waals surface area contributed by atoms with Crippen molar-refractivity contribution in [3.05, 3.63) is 34.4 Å². The van der Waals surface area contributed by atoms with Crippen molar-refractivity contribution < 1.29 is 19.4 Å². The Hall–Kier alpha value is -1.68. The molecule has 2 rings (SSSR count). The summed E-state index contributed by atoms with van der Waals surface area (Å²) in [5, 5.41) is 9.44. The summed E-state index contributed by atoms with van der Waals surface area (Å²) >= 11 is 0. The van der Waals surface area contributed by atoms with E-state index in [1.807, 2.05) is 32.9 Å². The molecule has 23 heavy (non-hydrogen) atoms. The van der Waals surface area contributed by atoms with Crippen LogP contribution in [0.1, 0.15) is 54.0 Å². The van der Waals surface area contributed by atoms with Gasteiger partial charge >= 0.3 is 5.97 Å². The fourth-order valence-corrected chi connectivity index (χ4v) is 3.94. The number of carbonyl (C=O) groups excluding carboxylic acids is 1. The molecule has 1 aliphatic rings. The lowest BCUT2D eigenvalue weighted by Gasteiger charge is -2.31. The molecule has 0 spiro atoms. The molecule has 4 nitrogen and oxygen atoms in total. The standard InChI is InChI=1S/C19H26O4/c1-11-9-12(2)16(13(3)10-11)18(23-4)17(20)14-7-5-6-8-15(14)19(21)22/h9-10,14-15,18H,5-8H2,1-4H3,(H,21,22). The molecule has 126 valence electrons. The molecule has 1 aromatic carbocycles. The second-order valence-electron chi connectivity index (χ2n) is 6.67. The lowest BCUT2D eigenvalue weighted by molar-refractivity contribution is -0.151. The van der Waals surface area contributed by atoms with Crippen LogP contribution in [0, 0.1) is 32.6 Å². The Morgan fingerprint density at radius 2 is 1.61 bits per heavy atom. The van der Waals surface area contributed by atoms with Crippen LogP contribution in [0.4, 0.5) is 0 Å². The van der Waals surface area contributed by atoms with Gasteiger partial charge in [-0.25, -0.2) is 0 Å². The molecule has 0 bridgehead atoms. The number of rotatable bonds is 5. The highest BCUT2D eigenvalue weighted by atomic mass is 16.5. The van der Waals surface area contributed by atoms with Crippen molar-refractivity contribution in [2.45, 2.75) is 52.6 Å². The van der Waals surface area contributed by atoms with Crippen molar-refractivity contribution in [3.8, 4) is 0 Å². The number of methoxy groups -OCH3 is 1.